The molecule has 1 aliphatic rings. The number of nitrogens with one attached hydrogen (secondary N) is 3. The Morgan fingerprint density at radius 2 is 1.77 bits per heavy atom. The molecule has 2 atom stereocenters. The molecule has 1 aromatic heterocycles. The smallest absolute Gasteiger partial charge is 0.411 e. The van der Waals surface area contributed by atoms with Crippen LogP contribution in [0.15, 0.2) is 42.5 Å². The summed E-state index contributed by atoms with van der Waals surface area (Å²) in [5, 5.41) is 5.83. The van der Waals surface area contributed by atoms with E-state index in [2.05, 4.69) is 26.4 Å². The molecule has 2 amide bonds. The fraction of sp³-hybridized carbons (Fsp3) is 0.379. The average molecular weight is 569 g/mol. The Labute approximate surface area is 237 Å². The highest BCUT2D eigenvalue weighted by molar-refractivity contribution is 6.31. The van der Waals surface area contributed by atoms with Crippen molar-refractivity contribution in [1.82, 2.24) is 15.3 Å². The van der Waals surface area contributed by atoms with E-state index in [1.165, 1.54) is 14.0 Å². The van der Waals surface area contributed by atoms with Crippen LogP contribution in [0.1, 0.15) is 56.3 Å². The maximum atomic E-state index is 12.8. The number of fused-ring (bicyclic) bond motifs is 1. The number of halogens is 1. The van der Waals surface area contributed by atoms with Crippen molar-refractivity contribution in [3.05, 3.63) is 70.1 Å². The van der Waals surface area contributed by atoms with E-state index >= 15 is 0 Å². The van der Waals surface area contributed by atoms with Crippen LogP contribution in [0.3, 0.4) is 0 Å². The fourth-order valence-electron chi connectivity index (χ4n) is 4.58. The minimum absolute atomic E-state index is 0.168. The number of carbonyl (C=O) groups is 3. The first-order valence-corrected chi connectivity index (χ1v) is 13.3. The highest BCUT2D eigenvalue weighted by Crippen LogP contribution is 2.31. The van der Waals surface area contributed by atoms with Gasteiger partial charge in [-0.1, -0.05) is 41.9 Å². The van der Waals surface area contributed by atoms with Gasteiger partial charge in [0.1, 0.15) is 28.4 Å². The first-order valence-electron chi connectivity index (χ1n) is 12.9. The molecule has 0 spiro atoms. The molecule has 2 aromatic carbocycles. The Morgan fingerprint density at radius 1 is 1.07 bits per heavy atom. The highest BCUT2D eigenvalue weighted by atomic mass is 35.5. The van der Waals surface area contributed by atoms with E-state index in [0.29, 0.717) is 47.2 Å². The zero-order chi connectivity index (χ0) is 29.0. The van der Waals surface area contributed by atoms with E-state index in [-0.39, 0.29) is 12.1 Å². The molecule has 10 nitrogen and oxygen atoms in total. The summed E-state index contributed by atoms with van der Waals surface area (Å²) >= 11 is 6.56. The lowest BCUT2D eigenvalue weighted by molar-refractivity contribution is -0.145. The standard InChI is InChI=1S/C29H33ClN4O6/c1-16(35)39-22-14-19-7-6-17(12-20(19)15-22)13-23(32-28(37)40-29(2,3)4)26-33-24(25(30)34-26)18-8-10-21(11-9-18)31-27(36)38-5/h6-12,22-23H,13-15H2,1-5H3,(H,31,36)(H,32,37)(H,33,34)/t22?,23-/m0/s1. The highest BCUT2D eigenvalue weighted by Gasteiger charge is 2.27. The number of anilines is 1. The summed E-state index contributed by atoms with van der Waals surface area (Å²) in [6.45, 7) is 6.80. The van der Waals surface area contributed by atoms with Crippen LogP contribution >= 0.6 is 11.6 Å². The van der Waals surface area contributed by atoms with Crippen LogP contribution in [0.5, 0.6) is 0 Å². The van der Waals surface area contributed by atoms with E-state index in [4.69, 9.17) is 26.1 Å². The number of methoxy groups -OCH3 is 1. The molecule has 11 heteroatoms. The van der Waals surface area contributed by atoms with Crippen LogP contribution in [0, 0.1) is 0 Å². The molecule has 0 saturated heterocycles. The molecule has 1 heterocycles. The monoisotopic (exact) mass is 568 g/mol. The van der Waals surface area contributed by atoms with Gasteiger partial charge >= 0.3 is 18.2 Å². The Kier molecular flexibility index (Phi) is 8.68. The Balaban J connectivity index is 1.58. The van der Waals surface area contributed by atoms with Gasteiger partial charge in [0.25, 0.3) is 0 Å². The lowest BCUT2D eigenvalue weighted by atomic mass is 10.0. The summed E-state index contributed by atoms with van der Waals surface area (Å²) in [5.41, 5.74) is 4.30. The summed E-state index contributed by atoms with van der Waals surface area (Å²) in [6.07, 6.45) is 0.415. The molecular weight excluding hydrogens is 536 g/mol. The van der Waals surface area contributed by atoms with Gasteiger partial charge in [-0.2, -0.15) is 0 Å². The van der Waals surface area contributed by atoms with Gasteiger partial charge in [0.05, 0.1) is 13.2 Å². The second kappa shape index (κ2) is 12.0. The molecule has 40 heavy (non-hydrogen) atoms. The zero-order valence-electron chi connectivity index (χ0n) is 23.1. The molecule has 0 bridgehead atoms. The number of aromatic amines is 1. The molecule has 0 aliphatic heterocycles. The second-order valence-electron chi connectivity index (χ2n) is 10.6. The van der Waals surface area contributed by atoms with Gasteiger partial charge in [0, 0.05) is 37.4 Å². The van der Waals surface area contributed by atoms with Gasteiger partial charge in [-0.05, 0) is 49.6 Å². The quantitative estimate of drug-likeness (QED) is 0.244. The van der Waals surface area contributed by atoms with Crippen LogP contribution in [0.4, 0.5) is 15.3 Å². The van der Waals surface area contributed by atoms with Crippen molar-refractivity contribution in [1.29, 1.82) is 0 Å². The Hall–Kier alpha value is -4.05. The number of esters is 1. The molecule has 0 radical (unpaired) electrons. The third-order valence-electron chi connectivity index (χ3n) is 6.23. The SMILES string of the molecule is COC(=O)Nc1ccc(-c2nc([C@H](Cc3ccc4c(c3)CC(OC(C)=O)C4)NC(=O)OC(C)(C)C)[nH]c2Cl)cc1. The van der Waals surface area contributed by atoms with Gasteiger partial charge in [0.2, 0.25) is 0 Å². The van der Waals surface area contributed by atoms with Crippen molar-refractivity contribution in [3.63, 3.8) is 0 Å². The van der Waals surface area contributed by atoms with E-state index in [1.54, 1.807) is 45.0 Å². The van der Waals surface area contributed by atoms with E-state index in [1.807, 2.05) is 12.1 Å². The van der Waals surface area contributed by atoms with Gasteiger partial charge in [-0.25, -0.2) is 14.6 Å². The number of nitrogens with zero attached hydrogens (tertiary/aromatic N) is 1. The third kappa shape index (κ3) is 7.53. The molecular formula is C29H33ClN4O6. The number of amides is 2. The Bertz CT molecular complexity index is 1400. The second-order valence-corrected chi connectivity index (χ2v) is 11.0. The summed E-state index contributed by atoms with van der Waals surface area (Å²) in [6, 6.07) is 12.5. The van der Waals surface area contributed by atoms with Crippen LogP contribution in [0.2, 0.25) is 5.15 Å². The number of imidazole rings is 1. The number of carbonyl (C=O) groups excluding carboxylic acids is 3. The number of hydrogen-bond donors (Lipinski definition) is 3. The van der Waals surface area contributed by atoms with Crippen molar-refractivity contribution >= 4 is 35.4 Å². The van der Waals surface area contributed by atoms with E-state index < -0.39 is 23.8 Å². The first kappa shape index (κ1) is 28.9. The minimum atomic E-state index is -0.681. The number of H-pyrrole nitrogens is 1. The van der Waals surface area contributed by atoms with E-state index in [0.717, 1.165) is 16.7 Å². The minimum Gasteiger partial charge on any atom is -0.462 e. The number of ether oxygens (including phenoxy) is 3. The predicted molar refractivity (Wildman–Crippen MR) is 150 cm³/mol. The van der Waals surface area contributed by atoms with Crippen LogP contribution in [-0.2, 0) is 38.3 Å². The van der Waals surface area contributed by atoms with Gasteiger partial charge in [0.15, 0.2) is 0 Å². The van der Waals surface area contributed by atoms with Crippen LogP contribution in [0.25, 0.3) is 11.3 Å². The van der Waals surface area contributed by atoms with Crippen molar-refractivity contribution in [2.24, 2.45) is 0 Å². The van der Waals surface area contributed by atoms with Crippen LogP contribution in [-0.4, -0.2) is 46.9 Å². The van der Waals surface area contributed by atoms with Gasteiger partial charge in [-0.3, -0.25) is 10.1 Å². The van der Waals surface area contributed by atoms with Crippen LogP contribution < -0.4 is 10.6 Å². The number of hydrogen-bond acceptors (Lipinski definition) is 7. The first-order chi connectivity index (χ1) is 18.9. The summed E-state index contributed by atoms with van der Waals surface area (Å²) in [4.78, 5) is 43.5. The molecule has 1 unspecified atom stereocenters. The third-order valence-corrected chi connectivity index (χ3v) is 6.50. The molecule has 3 N–H and O–H groups in total. The topological polar surface area (TPSA) is 132 Å². The number of aromatic nitrogens is 2. The maximum Gasteiger partial charge on any atom is 0.411 e. The molecule has 0 fully saturated rings. The zero-order valence-corrected chi connectivity index (χ0v) is 23.8. The molecule has 0 saturated carbocycles. The number of benzene rings is 2. The number of rotatable bonds is 7. The van der Waals surface area contributed by atoms with Gasteiger partial charge < -0.3 is 24.5 Å². The normalized spacial score (nSPS) is 15.1. The summed E-state index contributed by atoms with van der Waals surface area (Å²) in [5.74, 6) is 0.167. The Morgan fingerprint density at radius 3 is 2.42 bits per heavy atom. The molecule has 3 aromatic rings. The van der Waals surface area contributed by atoms with E-state index in [9.17, 15) is 14.4 Å². The maximum absolute atomic E-state index is 12.8. The van der Waals surface area contributed by atoms with Crippen molar-refractivity contribution in [2.45, 2.75) is 64.7 Å². The molecule has 212 valence electrons. The largest absolute Gasteiger partial charge is 0.462 e. The summed E-state index contributed by atoms with van der Waals surface area (Å²) in [7, 11) is 1.29. The van der Waals surface area contributed by atoms with Gasteiger partial charge in [-0.15, -0.1) is 0 Å². The van der Waals surface area contributed by atoms with Crippen molar-refractivity contribution < 1.29 is 28.6 Å². The van der Waals surface area contributed by atoms with Crippen molar-refractivity contribution in [2.75, 3.05) is 12.4 Å². The summed E-state index contributed by atoms with van der Waals surface area (Å²) < 4.78 is 15.5. The average Bonchev–Trinajstić information content (AvgIpc) is 3.44. The molecule has 4 rings (SSSR count). The van der Waals surface area contributed by atoms with Crippen molar-refractivity contribution in [3.8, 4) is 11.3 Å². The molecule has 1 aliphatic carbocycles. The fourth-order valence-corrected chi connectivity index (χ4v) is 4.83. The number of alkyl carbamates (subject to hydrolysis) is 1. The predicted octanol–water partition coefficient (Wildman–Crippen LogP) is 5.75. The lowest BCUT2D eigenvalue weighted by Gasteiger charge is -2.23. The lowest BCUT2D eigenvalue weighted by Crippen LogP contribution is -2.36.